The molecule has 0 unspecified atom stereocenters. The highest BCUT2D eigenvalue weighted by Gasteiger charge is 2.52. The number of rotatable bonds is 22. The van der Waals surface area contributed by atoms with Gasteiger partial charge in [-0.15, -0.1) is 0 Å². The van der Waals surface area contributed by atoms with Crippen LogP contribution < -0.4 is 20.2 Å². The smallest absolute Gasteiger partial charge is 0.399 e. The van der Waals surface area contributed by atoms with E-state index >= 15 is 0 Å². The van der Waals surface area contributed by atoms with E-state index in [1.165, 1.54) is 106 Å². The van der Waals surface area contributed by atoms with Crippen molar-refractivity contribution in [2.75, 3.05) is 14.7 Å². The molecule has 0 aromatic heterocycles. The fraction of sp³-hybridized carbons (Fsp3) is 0.0455. The van der Waals surface area contributed by atoms with Crippen LogP contribution in [0.15, 0.2) is 555 Å². The normalized spacial score (nSPS) is 12.3. The lowest BCUT2D eigenvalue weighted by Gasteiger charge is -2.32. The molecule has 0 spiro atoms. The first kappa shape index (κ1) is 91.7. The highest BCUT2D eigenvalue weighted by atomic mass is 79.9. The van der Waals surface area contributed by atoms with Crippen molar-refractivity contribution in [3.05, 3.63) is 555 Å². The summed E-state index contributed by atoms with van der Waals surface area (Å²) >= 11 is 7.23. The maximum atomic E-state index is 6.29. The fourth-order valence-corrected chi connectivity index (χ4v) is 19.8. The van der Waals surface area contributed by atoms with E-state index in [2.05, 4.69) is 596 Å². The molecule has 1 saturated heterocycles. The van der Waals surface area contributed by atoms with Gasteiger partial charge >= 0.3 is 7.12 Å². The molecular weight excluding hydrogens is 1830 g/mol. The summed E-state index contributed by atoms with van der Waals surface area (Å²) in [5, 5.41) is 0. The molecule has 1 aliphatic heterocycles. The van der Waals surface area contributed by atoms with Crippen molar-refractivity contribution < 1.29 is 9.31 Å². The van der Waals surface area contributed by atoms with Crippen LogP contribution in [0.5, 0.6) is 0 Å². The van der Waals surface area contributed by atoms with E-state index < -0.39 is 0 Å². The second kappa shape index (κ2) is 42.3. The van der Waals surface area contributed by atoms with Crippen LogP contribution in [0.2, 0.25) is 0 Å². The van der Waals surface area contributed by atoms with Crippen LogP contribution >= 0.6 is 31.9 Å². The Labute approximate surface area is 840 Å². The topological polar surface area (TPSA) is 28.2 Å². The number of anilines is 9. The van der Waals surface area contributed by atoms with Crippen LogP contribution in [-0.2, 0) is 9.31 Å². The summed E-state index contributed by atoms with van der Waals surface area (Å²) in [6, 6.07) is 195. The average Bonchev–Trinajstić information content (AvgIpc) is 1.29. The number of halogens is 2. The van der Waals surface area contributed by atoms with Gasteiger partial charge in [0, 0.05) is 65.7 Å². The van der Waals surface area contributed by atoms with Gasteiger partial charge in [-0.3, -0.25) is 0 Å². The lowest BCUT2D eigenvalue weighted by Crippen LogP contribution is -2.41. The van der Waals surface area contributed by atoms with E-state index in [1.807, 2.05) is 24.3 Å². The van der Waals surface area contributed by atoms with E-state index in [9.17, 15) is 0 Å². The van der Waals surface area contributed by atoms with Crippen molar-refractivity contribution in [1.29, 1.82) is 0 Å². The second-order valence-corrected chi connectivity index (χ2v) is 37.7. The first-order valence-corrected chi connectivity index (χ1v) is 49.2. The minimum absolute atomic E-state index is 0.372. The highest BCUT2D eigenvalue weighted by molar-refractivity contribution is 9.11. The molecule has 0 amide bonds. The van der Waals surface area contributed by atoms with Gasteiger partial charge in [0.05, 0.1) is 11.2 Å². The zero-order valence-electron chi connectivity index (χ0n) is 78.5. The van der Waals surface area contributed by atoms with Crippen LogP contribution in [0.4, 0.5) is 51.2 Å². The Hall–Kier alpha value is -16.0. The van der Waals surface area contributed by atoms with E-state index in [1.54, 1.807) is 0 Å². The maximum Gasteiger partial charge on any atom is 0.494 e. The van der Waals surface area contributed by atoms with E-state index in [4.69, 9.17) is 9.31 Å². The molecule has 140 heavy (non-hydrogen) atoms. The number of benzene rings is 21. The Morgan fingerprint density at radius 3 is 0.521 bits per heavy atom. The van der Waals surface area contributed by atoms with Gasteiger partial charge in [0.2, 0.25) is 0 Å². The molecule has 0 saturated carbocycles. The largest absolute Gasteiger partial charge is 0.494 e. The van der Waals surface area contributed by atoms with Crippen molar-refractivity contribution in [3.8, 4) is 134 Å². The lowest BCUT2D eigenvalue weighted by molar-refractivity contribution is 0.00578. The van der Waals surface area contributed by atoms with E-state index in [0.717, 1.165) is 93.4 Å². The van der Waals surface area contributed by atoms with E-state index in [0.29, 0.717) is 0 Å². The van der Waals surface area contributed by atoms with Gasteiger partial charge in [-0.1, -0.05) is 457 Å². The van der Waals surface area contributed by atoms with E-state index in [-0.39, 0.29) is 18.3 Å². The summed E-state index contributed by atoms with van der Waals surface area (Å²) in [6.45, 7) is 8.34. The lowest BCUT2D eigenvalue weighted by atomic mass is 9.79. The molecule has 674 valence electrons. The zero-order chi connectivity index (χ0) is 95.1. The third-order valence-electron chi connectivity index (χ3n) is 26.5. The predicted molar refractivity (Wildman–Crippen MR) is 600 cm³/mol. The van der Waals surface area contributed by atoms with Crippen molar-refractivity contribution in [2.45, 2.75) is 38.9 Å². The highest BCUT2D eigenvalue weighted by Crippen LogP contribution is 2.48. The third kappa shape index (κ3) is 20.8. The van der Waals surface area contributed by atoms with Crippen molar-refractivity contribution in [1.82, 2.24) is 0 Å². The van der Waals surface area contributed by atoms with Gasteiger partial charge in [0.15, 0.2) is 0 Å². The quantitative estimate of drug-likeness (QED) is 0.0631. The minimum Gasteiger partial charge on any atom is -0.399 e. The predicted octanol–water partition coefficient (Wildman–Crippen LogP) is 37.3. The second-order valence-electron chi connectivity index (χ2n) is 36.0. The Balaban J connectivity index is 0.000000164. The average molecular weight is 1930 g/mol. The number of hydrogen-bond acceptors (Lipinski definition) is 5. The summed E-state index contributed by atoms with van der Waals surface area (Å²) in [5.41, 5.74) is 38.5. The Morgan fingerprint density at radius 2 is 0.314 bits per heavy atom. The van der Waals surface area contributed by atoms with Crippen molar-refractivity contribution >= 4 is 95.6 Å². The molecular formula is C132H102BBr2N3O2. The van der Waals surface area contributed by atoms with Crippen molar-refractivity contribution in [3.63, 3.8) is 0 Å². The Morgan fingerprint density at radius 1 is 0.157 bits per heavy atom. The first-order chi connectivity index (χ1) is 68.7. The Bertz CT molecular complexity index is 7140. The first-order valence-electron chi connectivity index (χ1n) is 47.6. The van der Waals surface area contributed by atoms with Crippen LogP contribution in [0.3, 0.4) is 0 Å². The third-order valence-corrected chi connectivity index (χ3v) is 27.9. The van der Waals surface area contributed by atoms with Gasteiger partial charge in [-0.25, -0.2) is 0 Å². The SMILES string of the molecule is Brc1cccc(Br)c1-c1ccc(-c2ccccc2)cc1.CC1(C)OB(c2ccc(N(c3ccc(-c4ccccc4)cc3)c3ccc(-c4ccccc4)cc3)cc2)OC1(C)C.c1ccc(-c2ccc(-c3c(-c4ccc(N(c5ccc(-c6ccccc6)cc5)c5ccc(-c6ccccc6)cc5)cc4)cccc3-c3ccc(N(c4ccc(-c5ccccc5)cc4)c4ccc(-c5ccccc5)cc4)cc3)cc2)cc1. The van der Waals surface area contributed by atoms with Gasteiger partial charge in [-0.2, -0.15) is 0 Å². The van der Waals surface area contributed by atoms with Gasteiger partial charge in [0.25, 0.3) is 0 Å². The van der Waals surface area contributed by atoms with Crippen LogP contribution in [0, 0.1) is 0 Å². The molecule has 1 fully saturated rings. The summed E-state index contributed by atoms with van der Waals surface area (Å²) in [4.78, 5) is 7.00. The summed E-state index contributed by atoms with van der Waals surface area (Å²) in [7, 11) is -0.386. The van der Waals surface area contributed by atoms with Crippen molar-refractivity contribution in [2.24, 2.45) is 0 Å². The maximum absolute atomic E-state index is 6.29. The van der Waals surface area contributed by atoms with Crippen LogP contribution in [-0.4, -0.2) is 18.3 Å². The summed E-state index contributed by atoms with van der Waals surface area (Å²) in [6.07, 6.45) is 0. The molecule has 8 heteroatoms. The minimum atomic E-state index is -0.386. The molecule has 5 nitrogen and oxygen atoms in total. The molecule has 22 rings (SSSR count). The van der Waals surface area contributed by atoms with Gasteiger partial charge in [-0.05, 0) is 282 Å². The Kier molecular flexibility index (Phi) is 27.7. The fourth-order valence-electron chi connectivity index (χ4n) is 18.3. The molecule has 0 aliphatic carbocycles. The number of hydrogen-bond donors (Lipinski definition) is 0. The molecule has 0 N–H and O–H groups in total. The molecule has 1 aliphatic rings. The monoisotopic (exact) mass is 1930 g/mol. The van der Waals surface area contributed by atoms with Gasteiger partial charge < -0.3 is 24.0 Å². The zero-order valence-corrected chi connectivity index (χ0v) is 81.6. The molecule has 0 radical (unpaired) electrons. The molecule has 0 atom stereocenters. The molecule has 0 bridgehead atoms. The van der Waals surface area contributed by atoms with Gasteiger partial charge in [0.1, 0.15) is 0 Å². The summed E-state index contributed by atoms with van der Waals surface area (Å²) in [5.74, 6) is 0. The summed E-state index contributed by atoms with van der Waals surface area (Å²) < 4.78 is 14.8. The molecule has 1 heterocycles. The molecule has 21 aromatic rings. The van der Waals surface area contributed by atoms with Crippen LogP contribution in [0.1, 0.15) is 27.7 Å². The molecule has 21 aromatic carbocycles. The standard InChI is InChI=1S/C78H56N2.C36H34BNO2.C18H12Br2/c1-6-17-57(18-7-1)62-29-31-69(32-30-62)78-76(67-41-53-74(54-42-67)79(70-45-33-63(34-46-70)58-19-8-2-9-20-58)71-47-35-64(36-48-71)59-21-10-3-11-22-59)27-16-28-77(78)68-43-55-75(56-44-68)80(72-49-37-65(38-50-72)60-23-12-4-13-24-60)73-51-39-66(40-52-73)61-25-14-5-15-26-61;1-35(2)36(3,4)40-37(39-35)31-19-25-34(26-20-31)38(32-21-15-29(16-22-32)27-11-7-5-8-12-27)33-23-17-30(18-24-33)28-13-9-6-10-14-28;19-16-7-4-8-17(20)18(16)15-11-9-14(10-12-15)13-5-2-1-3-6-13/h1-56H;5-26H,1-4H3;1-12H. The number of nitrogens with zero attached hydrogens (tertiary/aromatic N) is 3. The van der Waals surface area contributed by atoms with Crippen LogP contribution in [0.25, 0.3) is 134 Å².